The van der Waals surface area contributed by atoms with Crippen molar-refractivity contribution in [2.45, 2.75) is 38.8 Å². The number of alkyl carbamates (subject to hydrolysis) is 1. The van der Waals surface area contributed by atoms with Crippen molar-refractivity contribution in [2.24, 2.45) is 10.8 Å². The predicted molar refractivity (Wildman–Crippen MR) is 86.7 cm³/mol. The van der Waals surface area contributed by atoms with Gasteiger partial charge in [-0.1, -0.05) is 53.2 Å². The van der Waals surface area contributed by atoms with Crippen molar-refractivity contribution in [3.63, 3.8) is 0 Å². The highest BCUT2D eigenvalue weighted by Gasteiger charge is 2.69. The fraction of sp³-hybridized carbons (Fsp3) is 0.529. The molecular weight excluding hydrogens is 346 g/mol. The Morgan fingerprint density at radius 2 is 1.91 bits per heavy atom. The van der Waals surface area contributed by atoms with Crippen molar-refractivity contribution in [1.29, 1.82) is 0 Å². The minimum atomic E-state index is -0.516. The van der Waals surface area contributed by atoms with Crippen molar-refractivity contribution in [2.75, 3.05) is 5.33 Å². The lowest BCUT2D eigenvalue weighted by atomic mass is 9.33. The van der Waals surface area contributed by atoms with Crippen LogP contribution in [0.3, 0.4) is 0 Å². The van der Waals surface area contributed by atoms with Gasteiger partial charge >= 0.3 is 6.09 Å². The first-order valence-corrected chi connectivity index (χ1v) is 8.64. The maximum absolute atomic E-state index is 12.2. The molecule has 3 aliphatic carbocycles. The Labute approximate surface area is 138 Å². The van der Waals surface area contributed by atoms with Crippen molar-refractivity contribution < 1.29 is 14.3 Å². The van der Waals surface area contributed by atoms with E-state index in [2.05, 4.69) is 28.2 Å². The van der Waals surface area contributed by atoms with Crippen LogP contribution in [0, 0.1) is 10.8 Å². The zero-order valence-electron chi connectivity index (χ0n) is 12.6. The second-order valence-corrected chi connectivity index (χ2v) is 7.50. The van der Waals surface area contributed by atoms with Crippen LogP contribution in [0.4, 0.5) is 4.79 Å². The normalized spacial score (nSPS) is 29.7. The Morgan fingerprint density at radius 1 is 1.27 bits per heavy atom. The molecular formula is C17H20BrNO3. The maximum Gasteiger partial charge on any atom is 0.408 e. The third kappa shape index (κ3) is 2.78. The van der Waals surface area contributed by atoms with E-state index in [1.165, 1.54) is 0 Å². The Bertz CT molecular complexity index is 567. The van der Waals surface area contributed by atoms with E-state index in [0.717, 1.165) is 24.8 Å². The molecule has 1 aromatic rings. The highest BCUT2D eigenvalue weighted by atomic mass is 79.9. The summed E-state index contributed by atoms with van der Waals surface area (Å²) >= 11 is 3.22. The molecule has 0 radical (unpaired) electrons. The molecule has 1 amide bonds. The van der Waals surface area contributed by atoms with Gasteiger partial charge in [-0.3, -0.25) is 4.79 Å². The minimum absolute atomic E-state index is 0.0263. The summed E-state index contributed by atoms with van der Waals surface area (Å²) in [6.07, 6.45) is 2.53. The number of halogens is 1. The Kier molecular flexibility index (Phi) is 4.02. The summed E-state index contributed by atoms with van der Waals surface area (Å²) in [6, 6.07) is 9.08. The molecule has 0 aliphatic heterocycles. The van der Waals surface area contributed by atoms with Gasteiger partial charge in [-0.25, -0.2) is 4.79 Å². The molecule has 4 rings (SSSR count). The van der Waals surface area contributed by atoms with E-state index in [4.69, 9.17) is 4.74 Å². The van der Waals surface area contributed by atoms with Crippen LogP contribution < -0.4 is 5.32 Å². The molecule has 3 fully saturated rings. The van der Waals surface area contributed by atoms with Crippen molar-refractivity contribution >= 4 is 27.8 Å². The summed E-state index contributed by atoms with van der Waals surface area (Å²) < 4.78 is 5.24. The van der Waals surface area contributed by atoms with Gasteiger partial charge in [0, 0.05) is 0 Å². The monoisotopic (exact) mass is 365 g/mol. The highest BCUT2D eigenvalue weighted by Crippen LogP contribution is 2.74. The van der Waals surface area contributed by atoms with E-state index in [0.29, 0.717) is 5.41 Å². The van der Waals surface area contributed by atoms with E-state index in [1.807, 2.05) is 30.3 Å². The zero-order chi connectivity index (χ0) is 15.8. The minimum Gasteiger partial charge on any atom is -0.445 e. The maximum atomic E-state index is 12.2. The summed E-state index contributed by atoms with van der Waals surface area (Å²) in [5, 5.41) is 3.05. The molecule has 4 nitrogen and oxygen atoms in total. The zero-order valence-corrected chi connectivity index (χ0v) is 14.2. The van der Waals surface area contributed by atoms with Crippen LogP contribution in [0.15, 0.2) is 30.3 Å². The molecule has 1 N–H and O–H groups in total. The highest BCUT2D eigenvalue weighted by molar-refractivity contribution is 9.09. The lowest BCUT2D eigenvalue weighted by Gasteiger charge is -2.71. The molecule has 0 spiro atoms. The van der Waals surface area contributed by atoms with Crippen LogP contribution in [-0.2, 0) is 16.1 Å². The topological polar surface area (TPSA) is 55.4 Å². The summed E-state index contributed by atoms with van der Waals surface area (Å²) in [5.74, 6) is 0.0263. The van der Waals surface area contributed by atoms with Gasteiger partial charge in [-0.05, 0) is 35.7 Å². The molecule has 1 atom stereocenters. The Morgan fingerprint density at radius 3 is 2.45 bits per heavy atom. The Balaban J connectivity index is 1.57. The number of carbonyl (C=O) groups is 2. The molecule has 118 valence electrons. The standard InChI is InChI=1S/C17H20BrNO3/c1-16-9-17(10-16,11-16)14(13(20)7-18)19-15(21)22-8-12-5-3-2-4-6-12/h2-6,14H,7-11H2,1H3,(H,19,21)/t14-,16?,17?/m0/s1. The number of carbonyl (C=O) groups excluding carboxylic acids is 2. The average molecular weight is 366 g/mol. The average Bonchev–Trinajstić information content (AvgIpc) is 2.47. The molecule has 1 aromatic carbocycles. The predicted octanol–water partition coefficient (Wildman–Crippen LogP) is 3.44. The van der Waals surface area contributed by atoms with Crippen molar-refractivity contribution in [1.82, 2.24) is 5.32 Å². The molecule has 0 saturated heterocycles. The SMILES string of the molecule is CC12CC([C@@H](NC(=O)OCc3ccccc3)C(=O)CBr)(C1)C2. The van der Waals surface area contributed by atoms with E-state index in [1.54, 1.807) is 0 Å². The van der Waals surface area contributed by atoms with Crippen LogP contribution >= 0.6 is 15.9 Å². The van der Waals surface area contributed by atoms with Gasteiger partial charge in [0.2, 0.25) is 0 Å². The van der Waals surface area contributed by atoms with E-state index < -0.39 is 12.1 Å². The first-order valence-electron chi connectivity index (χ1n) is 7.52. The fourth-order valence-electron chi connectivity index (χ4n) is 4.24. The number of hydrogen-bond donors (Lipinski definition) is 1. The molecule has 22 heavy (non-hydrogen) atoms. The van der Waals surface area contributed by atoms with Crippen LogP contribution in [-0.4, -0.2) is 23.2 Å². The van der Waals surface area contributed by atoms with E-state index >= 15 is 0 Å². The lowest BCUT2D eigenvalue weighted by molar-refractivity contribution is -0.207. The fourth-order valence-corrected chi connectivity index (χ4v) is 4.56. The smallest absolute Gasteiger partial charge is 0.408 e. The molecule has 2 bridgehead atoms. The van der Waals surface area contributed by atoms with Crippen LogP contribution in [0.2, 0.25) is 0 Å². The van der Waals surface area contributed by atoms with Gasteiger partial charge in [-0.15, -0.1) is 0 Å². The molecule has 0 unspecified atom stereocenters. The summed E-state index contributed by atoms with van der Waals surface area (Å²) in [4.78, 5) is 24.2. The number of rotatable bonds is 6. The summed E-state index contributed by atoms with van der Waals surface area (Å²) in [5.41, 5.74) is 1.28. The third-order valence-corrected chi connectivity index (χ3v) is 5.43. The summed E-state index contributed by atoms with van der Waals surface area (Å²) in [7, 11) is 0. The first kappa shape index (κ1) is 15.5. The number of alkyl halides is 1. The Hall–Kier alpha value is -1.36. The van der Waals surface area contributed by atoms with Gasteiger partial charge in [0.1, 0.15) is 6.61 Å². The number of Topliss-reactive ketones (excluding diaryl/α,β-unsaturated/α-hetero) is 1. The van der Waals surface area contributed by atoms with Gasteiger partial charge in [0.05, 0.1) is 11.4 Å². The largest absolute Gasteiger partial charge is 0.445 e. The van der Waals surface area contributed by atoms with Crippen LogP contribution in [0.25, 0.3) is 0 Å². The van der Waals surface area contributed by atoms with Crippen LogP contribution in [0.5, 0.6) is 0 Å². The molecule has 3 saturated carbocycles. The number of benzene rings is 1. The van der Waals surface area contributed by atoms with Gasteiger partial charge < -0.3 is 10.1 Å². The molecule has 0 aromatic heterocycles. The van der Waals surface area contributed by atoms with Gasteiger partial charge in [0.25, 0.3) is 0 Å². The number of amides is 1. The van der Waals surface area contributed by atoms with Crippen LogP contribution in [0.1, 0.15) is 31.7 Å². The summed E-state index contributed by atoms with van der Waals surface area (Å²) in [6.45, 7) is 2.45. The lowest BCUT2D eigenvalue weighted by Crippen LogP contribution is -2.70. The van der Waals surface area contributed by atoms with Gasteiger partial charge in [-0.2, -0.15) is 0 Å². The number of hydrogen-bond acceptors (Lipinski definition) is 3. The molecule has 3 aliphatic rings. The molecule has 5 heteroatoms. The van der Waals surface area contributed by atoms with Crippen molar-refractivity contribution in [3.8, 4) is 0 Å². The quantitative estimate of drug-likeness (QED) is 0.785. The van der Waals surface area contributed by atoms with Gasteiger partial charge in [0.15, 0.2) is 5.78 Å². The number of nitrogens with one attached hydrogen (secondary N) is 1. The first-order chi connectivity index (χ1) is 10.5. The van der Waals surface area contributed by atoms with Crippen molar-refractivity contribution in [3.05, 3.63) is 35.9 Å². The number of ether oxygens (including phenoxy) is 1. The third-order valence-electron chi connectivity index (χ3n) is 4.88. The second kappa shape index (κ2) is 5.69. The second-order valence-electron chi connectivity index (χ2n) is 6.94. The molecule has 0 heterocycles. The van der Waals surface area contributed by atoms with E-state index in [-0.39, 0.29) is 23.1 Å². The number of ketones is 1. The van der Waals surface area contributed by atoms with E-state index in [9.17, 15) is 9.59 Å².